The number of anilines is 1. The molecule has 174 valence electrons. The van der Waals surface area contributed by atoms with E-state index in [9.17, 15) is 18.8 Å². The summed E-state index contributed by atoms with van der Waals surface area (Å²) >= 11 is 5.99. The zero-order valence-electron chi connectivity index (χ0n) is 18.5. The van der Waals surface area contributed by atoms with E-state index in [2.05, 4.69) is 5.10 Å². The zero-order valence-corrected chi connectivity index (χ0v) is 19.3. The van der Waals surface area contributed by atoms with Crippen LogP contribution >= 0.6 is 11.6 Å². The van der Waals surface area contributed by atoms with E-state index in [4.69, 9.17) is 11.6 Å². The lowest BCUT2D eigenvalue weighted by atomic mass is 10.0. The SMILES string of the molecule is CCc1[nH]n(-c2ccc(Cl)cc2)c(=O)c1C1=C([n+]2ccccc2)C(=O)N(c2ccc(F)cc2)C1=O. The summed E-state index contributed by atoms with van der Waals surface area (Å²) in [7, 11) is 0. The van der Waals surface area contributed by atoms with Crippen molar-refractivity contribution >= 4 is 40.4 Å². The number of carbonyl (C=O) groups excluding carboxylic acids is 2. The molecule has 0 aliphatic carbocycles. The Balaban J connectivity index is 1.76. The minimum Gasteiger partial charge on any atom is -0.294 e. The number of H-pyrrole nitrogens is 1. The summed E-state index contributed by atoms with van der Waals surface area (Å²) in [5.41, 5.74) is 0.873. The van der Waals surface area contributed by atoms with Crippen LogP contribution in [-0.2, 0) is 16.0 Å². The molecule has 0 radical (unpaired) electrons. The van der Waals surface area contributed by atoms with Gasteiger partial charge in [-0.3, -0.25) is 19.5 Å². The average Bonchev–Trinajstić information content (AvgIpc) is 3.33. The Morgan fingerprint density at radius 2 is 1.51 bits per heavy atom. The van der Waals surface area contributed by atoms with Crippen molar-refractivity contribution in [1.29, 1.82) is 0 Å². The normalized spacial score (nSPS) is 13.7. The summed E-state index contributed by atoms with van der Waals surface area (Å²) in [5, 5.41) is 3.58. The topological polar surface area (TPSA) is 79.1 Å². The van der Waals surface area contributed by atoms with Crippen molar-refractivity contribution < 1.29 is 18.5 Å². The molecule has 3 heterocycles. The number of carbonyl (C=O) groups is 2. The maximum atomic E-state index is 13.8. The fraction of sp³-hybridized carbons (Fsp3) is 0.0769. The number of rotatable bonds is 5. The highest BCUT2D eigenvalue weighted by Gasteiger charge is 2.48. The summed E-state index contributed by atoms with van der Waals surface area (Å²) in [6.07, 6.45) is 3.66. The summed E-state index contributed by atoms with van der Waals surface area (Å²) in [6, 6.07) is 16.9. The van der Waals surface area contributed by atoms with Crippen LogP contribution in [0.1, 0.15) is 18.2 Å². The van der Waals surface area contributed by atoms with Gasteiger partial charge in [0.1, 0.15) is 11.4 Å². The number of benzene rings is 2. The molecule has 0 unspecified atom stereocenters. The first kappa shape index (κ1) is 22.5. The third-order valence-electron chi connectivity index (χ3n) is 5.77. The number of aryl methyl sites for hydroxylation is 1. The second-order valence-corrected chi connectivity index (χ2v) is 8.30. The van der Waals surface area contributed by atoms with Crippen molar-refractivity contribution in [3.8, 4) is 5.69 Å². The van der Waals surface area contributed by atoms with Gasteiger partial charge in [0.05, 0.1) is 16.9 Å². The van der Waals surface area contributed by atoms with Gasteiger partial charge in [0, 0.05) is 22.8 Å². The number of halogens is 2. The summed E-state index contributed by atoms with van der Waals surface area (Å²) in [5.74, 6) is -1.78. The molecule has 1 aliphatic heterocycles. The Kier molecular flexibility index (Phi) is 5.66. The lowest BCUT2D eigenvalue weighted by Crippen LogP contribution is -2.39. The molecule has 7 nitrogen and oxygen atoms in total. The third kappa shape index (κ3) is 3.77. The highest BCUT2D eigenvalue weighted by Crippen LogP contribution is 2.33. The van der Waals surface area contributed by atoms with Crippen molar-refractivity contribution in [2.24, 2.45) is 0 Å². The van der Waals surface area contributed by atoms with Gasteiger partial charge in [-0.2, -0.15) is 4.57 Å². The molecule has 4 aromatic rings. The Morgan fingerprint density at radius 1 is 0.886 bits per heavy atom. The first-order valence-corrected chi connectivity index (χ1v) is 11.2. The molecule has 2 aromatic heterocycles. The van der Waals surface area contributed by atoms with Crippen molar-refractivity contribution in [1.82, 2.24) is 9.78 Å². The highest BCUT2D eigenvalue weighted by atomic mass is 35.5. The number of aromatic nitrogens is 3. The van der Waals surface area contributed by atoms with Gasteiger partial charge in [0.2, 0.25) is 0 Å². The fourth-order valence-electron chi connectivity index (χ4n) is 4.12. The fourth-order valence-corrected chi connectivity index (χ4v) is 4.25. The van der Waals surface area contributed by atoms with Crippen molar-refractivity contribution in [2.45, 2.75) is 13.3 Å². The van der Waals surface area contributed by atoms with E-state index in [0.717, 1.165) is 4.90 Å². The molecule has 9 heteroatoms. The molecule has 35 heavy (non-hydrogen) atoms. The number of pyridine rings is 1. The molecule has 0 fully saturated rings. The van der Waals surface area contributed by atoms with Gasteiger partial charge in [-0.05, 0) is 55.0 Å². The first-order valence-electron chi connectivity index (χ1n) is 10.9. The molecule has 1 N–H and O–H groups in total. The van der Waals surface area contributed by atoms with E-state index < -0.39 is 23.2 Å². The molecule has 0 saturated carbocycles. The molecular formula is C26H19ClFN4O3+. The Hall–Kier alpha value is -4.30. The summed E-state index contributed by atoms with van der Waals surface area (Å²) in [4.78, 5) is 42.0. The van der Waals surface area contributed by atoms with Crippen LogP contribution in [0.3, 0.4) is 0 Å². The van der Waals surface area contributed by atoms with Gasteiger partial charge in [-0.25, -0.2) is 14.0 Å². The van der Waals surface area contributed by atoms with Gasteiger partial charge >= 0.3 is 5.91 Å². The van der Waals surface area contributed by atoms with Crippen LogP contribution in [0.15, 0.2) is 83.9 Å². The largest absolute Gasteiger partial charge is 0.331 e. The number of hydrogen-bond acceptors (Lipinski definition) is 3. The minimum absolute atomic E-state index is 0.0265. The Bertz CT molecular complexity index is 1540. The number of nitrogens with zero attached hydrogens (tertiary/aromatic N) is 3. The standard InChI is InChI=1S/C26H18ClFN4O3/c1-2-20-21(25(34)32(29-20)19-10-6-16(27)7-11-19)22-23(30-14-4-3-5-15-30)26(35)31(24(22)33)18-12-8-17(28)9-13-18/h3-15H,2H2,1H3/p+1. The molecular weight excluding hydrogens is 471 g/mol. The highest BCUT2D eigenvalue weighted by molar-refractivity contribution is 6.53. The lowest BCUT2D eigenvalue weighted by Gasteiger charge is -2.13. The van der Waals surface area contributed by atoms with Crippen LogP contribution in [0, 0.1) is 5.82 Å². The van der Waals surface area contributed by atoms with E-state index in [0.29, 0.717) is 22.8 Å². The molecule has 0 atom stereocenters. The minimum atomic E-state index is -0.665. The van der Waals surface area contributed by atoms with Gasteiger partial charge in [0.25, 0.3) is 17.2 Å². The van der Waals surface area contributed by atoms with Crippen LogP contribution in [0.5, 0.6) is 0 Å². The van der Waals surface area contributed by atoms with Crippen LogP contribution in [-0.4, -0.2) is 21.6 Å². The van der Waals surface area contributed by atoms with Gasteiger partial charge in [-0.15, -0.1) is 0 Å². The Labute approximate surface area is 204 Å². The van der Waals surface area contributed by atoms with Crippen molar-refractivity contribution in [2.75, 3.05) is 4.90 Å². The smallest absolute Gasteiger partial charge is 0.294 e. The molecule has 0 saturated heterocycles. The second kappa shape index (κ2) is 8.81. The average molecular weight is 490 g/mol. The molecule has 0 spiro atoms. The van der Waals surface area contributed by atoms with E-state index in [1.807, 2.05) is 6.92 Å². The van der Waals surface area contributed by atoms with Crippen LogP contribution in [0.25, 0.3) is 17.0 Å². The predicted molar refractivity (Wildman–Crippen MR) is 129 cm³/mol. The number of imide groups is 1. The number of nitrogens with one attached hydrogen (secondary N) is 1. The van der Waals surface area contributed by atoms with Crippen LogP contribution < -0.4 is 15.0 Å². The predicted octanol–water partition coefficient (Wildman–Crippen LogP) is 3.75. The first-order chi connectivity index (χ1) is 16.9. The molecule has 1 aliphatic rings. The van der Waals surface area contributed by atoms with Gasteiger partial charge < -0.3 is 0 Å². The summed E-state index contributed by atoms with van der Waals surface area (Å²) < 4.78 is 16.4. The maximum Gasteiger partial charge on any atom is 0.331 e. The summed E-state index contributed by atoms with van der Waals surface area (Å²) in [6.45, 7) is 1.84. The van der Waals surface area contributed by atoms with Crippen LogP contribution in [0.2, 0.25) is 5.02 Å². The zero-order chi connectivity index (χ0) is 24.7. The molecule has 2 aromatic carbocycles. The quantitative estimate of drug-likeness (QED) is 0.342. The monoisotopic (exact) mass is 489 g/mol. The van der Waals surface area contributed by atoms with Gasteiger partial charge in [-0.1, -0.05) is 24.6 Å². The molecule has 0 bridgehead atoms. The van der Waals surface area contributed by atoms with Crippen LogP contribution in [0.4, 0.5) is 10.1 Å². The third-order valence-corrected chi connectivity index (χ3v) is 6.02. The molecule has 2 amide bonds. The van der Waals surface area contributed by atoms with E-state index >= 15 is 0 Å². The number of hydrogen-bond donors (Lipinski definition) is 1. The van der Waals surface area contributed by atoms with E-state index in [-0.39, 0.29) is 22.5 Å². The number of amides is 2. The van der Waals surface area contributed by atoms with Crippen molar-refractivity contribution in [3.63, 3.8) is 0 Å². The maximum absolute atomic E-state index is 13.8. The van der Waals surface area contributed by atoms with E-state index in [1.165, 1.54) is 33.5 Å². The van der Waals surface area contributed by atoms with Crippen molar-refractivity contribution in [3.05, 3.63) is 112 Å². The second-order valence-electron chi connectivity index (χ2n) is 7.86. The number of aromatic amines is 1. The Morgan fingerprint density at radius 3 is 2.14 bits per heavy atom. The van der Waals surface area contributed by atoms with Gasteiger partial charge in [0.15, 0.2) is 12.4 Å². The molecule has 5 rings (SSSR count). The van der Waals surface area contributed by atoms with E-state index in [1.54, 1.807) is 54.9 Å². The lowest BCUT2D eigenvalue weighted by molar-refractivity contribution is -0.576.